The molecule has 0 saturated heterocycles. The van der Waals surface area contributed by atoms with Crippen molar-refractivity contribution >= 4 is 23.8 Å². The van der Waals surface area contributed by atoms with Crippen LogP contribution in [-0.4, -0.2) is 34.2 Å². The van der Waals surface area contributed by atoms with E-state index in [-0.39, 0.29) is 12.0 Å². The lowest BCUT2D eigenvalue weighted by Gasteiger charge is -2.30. The molecule has 2 amide bonds. The Morgan fingerprint density at radius 1 is 0.656 bits per heavy atom. The van der Waals surface area contributed by atoms with Gasteiger partial charge in [0.15, 0.2) is 0 Å². The predicted octanol–water partition coefficient (Wildman–Crippen LogP) is 4.28. The highest BCUT2D eigenvalue weighted by molar-refractivity contribution is 6.11. The lowest BCUT2D eigenvalue weighted by molar-refractivity contribution is -0.139. The molecule has 32 heavy (non-hydrogen) atoms. The van der Waals surface area contributed by atoms with Crippen LogP contribution in [0.2, 0.25) is 0 Å². The molecule has 6 heteroatoms. The number of rotatable bonds is 6. The number of amides is 2. The summed E-state index contributed by atoms with van der Waals surface area (Å²) in [7, 11) is 0. The molecule has 1 fully saturated rings. The quantitative estimate of drug-likeness (QED) is 0.333. The Bertz CT molecular complexity index is 1090. The van der Waals surface area contributed by atoms with E-state index in [2.05, 4.69) is 0 Å². The molecule has 3 aromatic carbocycles. The molecule has 0 aliphatic heterocycles. The average Bonchev–Trinajstić information content (AvgIpc) is 3.60. The molecule has 1 aliphatic carbocycles. The van der Waals surface area contributed by atoms with Crippen LogP contribution >= 0.6 is 0 Å². The van der Waals surface area contributed by atoms with Crippen molar-refractivity contribution in [1.29, 1.82) is 0 Å². The predicted molar refractivity (Wildman–Crippen MR) is 117 cm³/mol. The van der Waals surface area contributed by atoms with Crippen LogP contribution < -0.4 is 0 Å². The van der Waals surface area contributed by atoms with Gasteiger partial charge in [-0.25, -0.2) is 4.79 Å². The van der Waals surface area contributed by atoms with Gasteiger partial charge in [-0.05, 0) is 49.2 Å². The Morgan fingerprint density at radius 2 is 1.06 bits per heavy atom. The first-order valence-electron chi connectivity index (χ1n) is 10.3. The largest absolute Gasteiger partial charge is 0.389 e. The van der Waals surface area contributed by atoms with Gasteiger partial charge in [0.05, 0.1) is 17.5 Å². The fraction of sp³-hybridized carbons (Fsp3) is 0.154. The molecule has 0 aromatic heterocycles. The second kappa shape index (κ2) is 8.98. The number of hydrogen-bond acceptors (Lipinski definition) is 5. The van der Waals surface area contributed by atoms with Crippen LogP contribution in [0.5, 0.6) is 0 Å². The molecule has 160 valence electrons. The van der Waals surface area contributed by atoms with Crippen molar-refractivity contribution < 1.29 is 23.9 Å². The third-order valence-electron chi connectivity index (χ3n) is 5.44. The number of imide groups is 1. The van der Waals surface area contributed by atoms with E-state index < -0.39 is 29.3 Å². The summed E-state index contributed by atoms with van der Waals surface area (Å²) >= 11 is 0. The Hall–Kier alpha value is -4.06. The zero-order valence-corrected chi connectivity index (χ0v) is 17.3. The van der Waals surface area contributed by atoms with E-state index in [1.807, 2.05) is 0 Å². The Balaban J connectivity index is 1.59. The van der Waals surface area contributed by atoms with Gasteiger partial charge >= 0.3 is 11.9 Å². The second-order valence-electron chi connectivity index (χ2n) is 7.71. The van der Waals surface area contributed by atoms with Gasteiger partial charge in [0.1, 0.15) is 0 Å². The van der Waals surface area contributed by atoms with Crippen molar-refractivity contribution in [2.24, 2.45) is 0 Å². The normalized spacial score (nSPS) is 13.6. The summed E-state index contributed by atoms with van der Waals surface area (Å²) in [6.45, 7) is 0. The molecule has 1 saturated carbocycles. The second-order valence-corrected chi connectivity index (χ2v) is 7.71. The molecule has 3 aromatic rings. The number of ether oxygens (including phenoxy) is 1. The van der Waals surface area contributed by atoms with Crippen molar-refractivity contribution in [2.45, 2.75) is 24.8 Å². The van der Waals surface area contributed by atoms with Crippen LogP contribution in [-0.2, 0) is 9.53 Å². The molecule has 4 rings (SSSR count). The number of carbonyl (C=O) groups is 4. The minimum atomic E-state index is -1.02. The van der Waals surface area contributed by atoms with E-state index in [9.17, 15) is 19.2 Å². The minimum absolute atomic E-state index is 0.247. The molecule has 0 heterocycles. The fourth-order valence-corrected chi connectivity index (χ4v) is 3.61. The van der Waals surface area contributed by atoms with Crippen molar-refractivity contribution in [3.8, 4) is 0 Å². The van der Waals surface area contributed by atoms with Crippen LogP contribution in [0.1, 0.15) is 50.3 Å². The number of hydrogen-bond donors (Lipinski definition) is 0. The summed E-state index contributed by atoms with van der Waals surface area (Å²) in [5.41, 5.74) is -0.0784. The first-order valence-corrected chi connectivity index (χ1v) is 10.3. The standard InChI is InChI=1S/C26H21NO5/c28-22(32-25(31)21-14-8-3-9-15-21)18-26(16-17-26)27(23(29)19-10-4-1-5-11-19)24(30)20-12-6-2-7-13-20/h1-15H,16-18H2. The maximum Gasteiger partial charge on any atom is 0.345 e. The highest BCUT2D eigenvalue weighted by Gasteiger charge is 2.55. The molecular formula is C26H21NO5. The Kier molecular flexibility index (Phi) is 5.94. The first-order chi connectivity index (χ1) is 15.5. The third kappa shape index (κ3) is 4.49. The van der Waals surface area contributed by atoms with E-state index in [4.69, 9.17) is 4.74 Å². The number of esters is 2. The van der Waals surface area contributed by atoms with E-state index in [0.717, 1.165) is 4.90 Å². The smallest absolute Gasteiger partial charge is 0.345 e. The molecule has 0 spiro atoms. The first kappa shape index (κ1) is 21.2. The van der Waals surface area contributed by atoms with Crippen LogP contribution in [0.4, 0.5) is 0 Å². The Labute approximate surface area is 185 Å². The van der Waals surface area contributed by atoms with Gasteiger partial charge in [-0.1, -0.05) is 54.6 Å². The summed E-state index contributed by atoms with van der Waals surface area (Å²) in [6.07, 6.45) is 0.667. The molecular weight excluding hydrogens is 406 g/mol. The van der Waals surface area contributed by atoms with Crippen molar-refractivity contribution in [2.75, 3.05) is 0 Å². The lowest BCUT2D eigenvalue weighted by atomic mass is 10.0. The molecule has 0 atom stereocenters. The van der Waals surface area contributed by atoms with Crippen LogP contribution in [0, 0.1) is 0 Å². The minimum Gasteiger partial charge on any atom is -0.389 e. The van der Waals surface area contributed by atoms with E-state index in [1.165, 1.54) is 0 Å². The van der Waals surface area contributed by atoms with Crippen molar-refractivity contribution in [3.63, 3.8) is 0 Å². The summed E-state index contributed by atoms with van der Waals surface area (Å²) in [5, 5.41) is 0. The van der Waals surface area contributed by atoms with Gasteiger partial charge < -0.3 is 4.74 Å². The van der Waals surface area contributed by atoms with Crippen LogP contribution in [0.15, 0.2) is 91.0 Å². The SMILES string of the molecule is O=C(CC1(N(C(=O)c2ccccc2)C(=O)c2ccccc2)CC1)OC(=O)c1ccccc1. The highest BCUT2D eigenvalue weighted by Crippen LogP contribution is 2.46. The summed E-state index contributed by atoms with van der Waals surface area (Å²) in [6, 6.07) is 25.1. The zero-order valence-electron chi connectivity index (χ0n) is 17.3. The molecule has 0 bridgehead atoms. The van der Waals surface area contributed by atoms with Crippen LogP contribution in [0.3, 0.4) is 0 Å². The van der Waals surface area contributed by atoms with Crippen molar-refractivity contribution in [3.05, 3.63) is 108 Å². The Morgan fingerprint density at radius 3 is 1.47 bits per heavy atom. The third-order valence-corrected chi connectivity index (χ3v) is 5.44. The molecule has 0 N–H and O–H groups in total. The van der Waals surface area contributed by atoms with Gasteiger partial charge in [-0.2, -0.15) is 0 Å². The number of nitrogens with zero attached hydrogens (tertiary/aromatic N) is 1. The zero-order chi connectivity index (χ0) is 22.6. The van der Waals surface area contributed by atoms with Gasteiger partial charge in [0, 0.05) is 11.1 Å². The summed E-state index contributed by atoms with van der Waals surface area (Å²) in [5.74, 6) is -2.51. The van der Waals surface area contributed by atoms with E-state index in [1.54, 1.807) is 91.0 Å². The van der Waals surface area contributed by atoms with Crippen molar-refractivity contribution in [1.82, 2.24) is 4.90 Å². The number of benzene rings is 3. The maximum atomic E-state index is 13.4. The topological polar surface area (TPSA) is 80.8 Å². The number of carbonyl (C=O) groups excluding carboxylic acids is 4. The highest BCUT2D eigenvalue weighted by atomic mass is 16.6. The van der Waals surface area contributed by atoms with Gasteiger partial charge in [-0.3, -0.25) is 19.3 Å². The lowest BCUT2D eigenvalue weighted by Crippen LogP contribution is -2.47. The van der Waals surface area contributed by atoms with Gasteiger partial charge in [0.2, 0.25) is 0 Å². The maximum absolute atomic E-state index is 13.4. The molecule has 1 aliphatic rings. The van der Waals surface area contributed by atoms with E-state index in [0.29, 0.717) is 24.0 Å². The summed E-state index contributed by atoms with van der Waals surface area (Å²) in [4.78, 5) is 52.7. The summed E-state index contributed by atoms with van der Waals surface area (Å²) < 4.78 is 5.01. The molecule has 0 radical (unpaired) electrons. The fourth-order valence-electron chi connectivity index (χ4n) is 3.61. The average molecular weight is 427 g/mol. The molecule has 6 nitrogen and oxygen atoms in total. The monoisotopic (exact) mass is 427 g/mol. The molecule has 0 unspecified atom stereocenters. The van der Waals surface area contributed by atoms with Gasteiger partial charge in [-0.15, -0.1) is 0 Å². The van der Waals surface area contributed by atoms with Gasteiger partial charge in [0.25, 0.3) is 11.8 Å². The van der Waals surface area contributed by atoms with E-state index >= 15 is 0 Å². The van der Waals surface area contributed by atoms with Crippen LogP contribution in [0.25, 0.3) is 0 Å².